The first-order valence-electron chi connectivity index (χ1n) is 7.73. The zero-order valence-electron chi connectivity index (χ0n) is 13.8. The molecule has 0 saturated carbocycles. The van der Waals surface area contributed by atoms with Crippen LogP contribution in [-0.4, -0.2) is 28.6 Å². The maximum atomic E-state index is 12.8. The molecule has 2 heterocycles. The van der Waals surface area contributed by atoms with Crippen LogP contribution in [0.2, 0.25) is 0 Å². The van der Waals surface area contributed by atoms with Crippen LogP contribution < -0.4 is 10.2 Å². The Morgan fingerprint density at radius 2 is 2.17 bits per heavy atom. The first-order chi connectivity index (χ1) is 11.5. The van der Waals surface area contributed by atoms with Gasteiger partial charge in [0.2, 0.25) is 11.8 Å². The highest BCUT2D eigenvalue weighted by Gasteiger charge is 2.29. The number of hydrogen-bond acceptors (Lipinski definition) is 5. The summed E-state index contributed by atoms with van der Waals surface area (Å²) >= 11 is 1.27. The third-order valence-corrected chi connectivity index (χ3v) is 4.77. The summed E-state index contributed by atoms with van der Waals surface area (Å²) in [7, 11) is 0. The lowest BCUT2D eigenvalue weighted by atomic mass is 10.2. The Morgan fingerprint density at radius 1 is 1.42 bits per heavy atom. The molecule has 2 amide bonds. The molecule has 0 saturated heterocycles. The molecule has 0 bridgehead atoms. The Morgan fingerprint density at radius 3 is 2.88 bits per heavy atom. The van der Waals surface area contributed by atoms with E-state index < -0.39 is 0 Å². The van der Waals surface area contributed by atoms with Crippen molar-refractivity contribution >= 4 is 35.0 Å². The van der Waals surface area contributed by atoms with Gasteiger partial charge in [-0.3, -0.25) is 9.59 Å². The lowest BCUT2D eigenvalue weighted by Crippen LogP contribution is -2.40. The summed E-state index contributed by atoms with van der Waals surface area (Å²) in [4.78, 5) is 30.7. The number of aromatic nitrogens is 1. The van der Waals surface area contributed by atoms with Crippen molar-refractivity contribution in [1.82, 2.24) is 4.98 Å². The van der Waals surface area contributed by atoms with Crippen LogP contribution in [0.5, 0.6) is 0 Å². The number of hydrogen-bond donors (Lipinski definition) is 1. The van der Waals surface area contributed by atoms with Crippen molar-refractivity contribution in [2.24, 2.45) is 0 Å². The number of amides is 2. The monoisotopic (exact) mass is 345 g/mol. The third kappa shape index (κ3) is 3.31. The smallest absolute Gasteiger partial charge is 0.256 e. The van der Waals surface area contributed by atoms with E-state index in [4.69, 9.17) is 4.42 Å². The van der Waals surface area contributed by atoms with Gasteiger partial charge in [-0.15, -0.1) is 0 Å². The lowest BCUT2D eigenvalue weighted by molar-refractivity contribution is -0.117. The van der Waals surface area contributed by atoms with E-state index in [1.165, 1.54) is 11.8 Å². The van der Waals surface area contributed by atoms with Gasteiger partial charge in [-0.1, -0.05) is 23.9 Å². The summed E-state index contributed by atoms with van der Waals surface area (Å²) < 4.78 is 5.50. The number of anilines is 2. The molecule has 2 aromatic rings. The Balaban J connectivity index is 1.81. The molecule has 1 aromatic carbocycles. The fraction of sp³-hybridized carbons (Fsp3) is 0.353. The molecule has 0 spiro atoms. The molecule has 0 fully saturated rings. The molecule has 1 atom stereocenters. The van der Waals surface area contributed by atoms with Gasteiger partial charge in [0.05, 0.1) is 22.8 Å². The van der Waals surface area contributed by atoms with E-state index in [0.717, 1.165) is 17.1 Å². The Bertz CT molecular complexity index is 768. The second kappa shape index (κ2) is 6.68. The minimum Gasteiger partial charge on any atom is -0.437 e. The second-order valence-corrected chi connectivity index (χ2v) is 6.72. The van der Waals surface area contributed by atoms with Crippen molar-refractivity contribution < 1.29 is 14.0 Å². The number of nitrogens with one attached hydrogen (secondary N) is 1. The van der Waals surface area contributed by atoms with Crippen molar-refractivity contribution in [2.75, 3.05) is 16.0 Å². The fourth-order valence-electron chi connectivity index (χ4n) is 2.67. The molecule has 1 aromatic heterocycles. The number of thioether (sulfide) groups is 1. The number of benzene rings is 1. The van der Waals surface area contributed by atoms with E-state index in [2.05, 4.69) is 10.3 Å². The highest BCUT2D eigenvalue weighted by atomic mass is 32.2. The SMILES string of the molecule is Cc1nc(SCC(=O)N2c3ccccc3NC(=O)C[C@@H]2C)oc1C. The molecule has 24 heavy (non-hydrogen) atoms. The number of rotatable bonds is 3. The Hall–Kier alpha value is -2.28. The van der Waals surface area contributed by atoms with Crippen LogP contribution in [0.25, 0.3) is 0 Å². The van der Waals surface area contributed by atoms with E-state index in [9.17, 15) is 9.59 Å². The van der Waals surface area contributed by atoms with Crippen molar-refractivity contribution in [3.63, 3.8) is 0 Å². The van der Waals surface area contributed by atoms with Crippen LogP contribution in [0.1, 0.15) is 24.8 Å². The van der Waals surface area contributed by atoms with Crippen molar-refractivity contribution in [2.45, 2.75) is 38.5 Å². The van der Waals surface area contributed by atoms with Crippen LogP contribution in [0.4, 0.5) is 11.4 Å². The van der Waals surface area contributed by atoms with Crippen molar-refractivity contribution in [3.8, 4) is 0 Å². The van der Waals surface area contributed by atoms with Gasteiger partial charge >= 0.3 is 0 Å². The highest BCUT2D eigenvalue weighted by molar-refractivity contribution is 7.99. The summed E-state index contributed by atoms with van der Waals surface area (Å²) in [5.74, 6) is 0.793. The van der Waals surface area contributed by atoms with Crippen LogP contribution in [0.3, 0.4) is 0 Å². The molecule has 6 nitrogen and oxygen atoms in total. The molecule has 126 valence electrons. The van der Waals surface area contributed by atoms with E-state index in [1.807, 2.05) is 39.0 Å². The van der Waals surface area contributed by atoms with E-state index in [0.29, 0.717) is 10.9 Å². The van der Waals surface area contributed by atoms with Gasteiger partial charge < -0.3 is 14.6 Å². The maximum Gasteiger partial charge on any atom is 0.256 e. The molecule has 0 radical (unpaired) electrons. The number of oxazole rings is 1. The zero-order chi connectivity index (χ0) is 17.3. The first kappa shape index (κ1) is 16.6. The fourth-order valence-corrected chi connectivity index (χ4v) is 3.44. The normalized spacial score (nSPS) is 17.2. The predicted molar refractivity (Wildman–Crippen MR) is 93.3 cm³/mol. The minimum absolute atomic E-state index is 0.0787. The molecule has 0 unspecified atom stereocenters. The molecule has 7 heteroatoms. The van der Waals surface area contributed by atoms with Gasteiger partial charge in [-0.25, -0.2) is 4.98 Å². The van der Waals surface area contributed by atoms with E-state index >= 15 is 0 Å². The van der Waals surface area contributed by atoms with Crippen LogP contribution in [-0.2, 0) is 9.59 Å². The number of carbonyl (C=O) groups is 2. The molecule has 0 aliphatic carbocycles. The predicted octanol–water partition coefficient (Wildman–Crippen LogP) is 3.15. The summed E-state index contributed by atoms with van der Waals surface area (Å²) in [5.41, 5.74) is 2.21. The summed E-state index contributed by atoms with van der Waals surface area (Å²) in [6, 6.07) is 7.14. The second-order valence-electron chi connectivity index (χ2n) is 5.79. The molecule has 1 aliphatic heterocycles. The number of aryl methyl sites for hydroxylation is 2. The quantitative estimate of drug-likeness (QED) is 0.865. The molecule has 3 rings (SSSR count). The Labute approximate surface area is 144 Å². The maximum absolute atomic E-state index is 12.8. The number of fused-ring (bicyclic) bond motifs is 1. The molecular weight excluding hydrogens is 326 g/mol. The van der Waals surface area contributed by atoms with Gasteiger partial charge in [0.25, 0.3) is 5.22 Å². The lowest BCUT2D eigenvalue weighted by Gasteiger charge is -2.27. The van der Waals surface area contributed by atoms with Crippen LogP contribution in [0, 0.1) is 13.8 Å². The highest BCUT2D eigenvalue weighted by Crippen LogP contribution is 2.32. The number of para-hydroxylation sites is 2. The van der Waals surface area contributed by atoms with Gasteiger partial charge in [0.15, 0.2) is 0 Å². The van der Waals surface area contributed by atoms with Crippen LogP contribution in [0.15, 0.2) is 33.9 Å². The minimum atomic E-state index is -0.213. The van der Waals surface area contributed by atoms with Gasteiger partial charge in [-0.2, -0.15) is 0 Å². The van der Waals surface area contributed by atoms with Crippen LogP contribution >= 0.6 is 11.8 Å². The molecular formula is C17H19N3O3S. The van der Waals surface area contributed by atoms with E-state index in [-0.39, 0.29) is 30.0 Å². The summed E-state index contributed by atoms with van der Waals surface area (Å²) in [5, 5.41) is 3.34. The standard InChI is InChI=1S/C17H19N3O3S/c1-10-8-15(21)19-13-6-4-5-7-14(13)20(10)16(22)9-24-17-18-11(2)12(3)23-17/h4-7,10H,8-9H2,1-3H3,(H,19,21)/t10-/m0/s1. The topological polar surface area (TPSA) is 75.4 Å². The number of carbonyl (C=O) groups excluding carboxylic acids is 2. The summed E-state index contributed by atoms with van der Waals surface area (Å²) in [6.07, 6.45) is 0.266. The average molecular weight is 345 g/mol. The molecule has 1 N–H and O–H groups in total. The van der Waals surface area contributed by atoms with Crippen molar-refractivity contribution in [3.05, 3.63) is 35.7 Å². The number of nitrogens with zero attached hydrogens (tertiary/aromatic N) is 2. The average Bonchev–Trinajstić information content (AvgIpc) is 2.78. The molecule has 1 aliphatic rings. The van der Waals surface area contributed by atoms with Gasteiger partial charge in [0.1, 0.15) is 5.76 Å². The zero-order valence-corrected chi connectivity index (χ0v) is 14.6. The van der Waals surface area contributed by atoms with Gasteiger partial charge in [0, 0.05) is 12.5 Å². The largest absolute Gasteiger partial charge is 0.437 e. The van der Waals surface area contributed by atoms with E-state index in [1.54, 1.807) is 11.0 Å². The van der Waals surface area contributed by atoms with Crippen molar-refractivity contribution in [1.29, 1.82) is 0 Å². The Kier molecular flexibility index (Phi) is 4.62. The first-order valence-corrected chi connectivity index (χ1v) is 8.72. The summed E-state index contributed by atoms with van der Waals surface area (Å²) in [6.45, 7) is 5.59. The van der Waals surface area contributed by atoms with Gasteiger partial charge in [-0.05, 0) is 32.9 Å². The third-order valence-electron chi connectivity index (χ3n) is 3.96.